The molecule has 2 aromatic rings. The van der Waals surface area contributed by atoms with Gasteiger partial charge in [0.2, 0.25) is 0 Å². The third kappa shape index (κ3) is 1.67. The topological polar surface area (TPSA) is 22.0 Å². The van der Waals surface area contributed by atoms with Crippen LogP contribution in [0.5, 0.6) is 0 Å². The molecule has 2 rings (SSSR count). The maximum absolute atomic E-state index is 11.5. The van der Waals surface area contributed by atoms with Crippen molar-refractivity contribution in [3.63, 3.8) is 0 Å². The highest BCUT2D eigenvalue weighted by Gasteiger charge is 2.08. The van der Waals surface area contributed by atoms with E-state index in [2.05, 4.69) is 23.8 Å². The Balaban J connectivity index is 2.69. The molecule has 1 aromatic heterocycles. The van der Waals surface area contributed by atoms with Crippen molar-refractivity contribution in [2.24, 2.45) is 0 Å². The van der Waals surface area contributed by atoms with Gasteiger partial charge in [0.05, 0.1) is 5.52 Å². The van der Waals surface area contributed by atoms with Gasteiger partial charge in [-0.15, -0.1) is 0 Å². The Morgan fingerprint density at radius 1 is 1.33 bits per heavy atom. The van der Waals surface area contributed by atoms with E-state index in [1.807, 2.05) is 18.2 Å². The van der Waals surface area contributed by atoms with Gasteiger partial charge in [0.1, 0.15) is 0 Å². The van der Waals surface area contributed by atoms with Crippen LogP contribution in [0.4, 0.5) is 0 Å². The molecule has 0 fully saturated rings. The number of carbonyl (C=O) groups is 1. The molecule has 1 aromatic carbocycles. The van der Waals surface area contributed by atoms with Crippen molar-refractivity contribution >= 4 is 16.7 Å². The van der Waals surface area contributed by atoms with Crippen LogP contribution in [-0.4, -0.2) is 10.4 Å². The summed E-state index contributed by atoms with van der Waals surface area (Å²) in [5.41, 5.74) is 1.90. The van der Waals surface area contributed by atoms with Gasteiger partial charge in [0.15, 0.2) is 5.78 Å². The van der Waals surface area contributed by atoms with Crippen molar-refractivity contribution in [1.29, 1.82) is 0 Å². The summed E-state index contributed by atoms with van der Waals surface area (Å²) in [5.74, 6) is 0.136. The maximum atomic E-state index is 11.5. The van der Waals surface area contributed by atoms with Gasteiger partial charge in [-0.1, -0.05) is 19.1 Å². The van der Waals surface area contributed by atoms with Crippen molar-refractivity contribution in [2.75, 3.05) is 0 Å². The fourth-order valence-corrected chi connectivity index (χ4v) is 1.97. The second-order valence-electron chi connectivity index (χ2n) is 3.81. The molecule has 0 unspecified atom stereocenters. The molecule has 0 aliphatic carbocycles. The molecule has 0 aliphatic heterocycles. The van der Waals surface area contributed by atoms with E-state index in [4.69, 9.17) is 0 Å². The second kappa shape index (κ2) is 3.89. The largest absolute Gasteiger partial charge is 0.347 e. The van der Waals surface area contributed by atoms with Crippen LogP contribution in [-0.2, 0) is 6.54 Å². The maximum Gasteiger partial charge on any atom is 0.161 e. The van der Waals surface area contributed by atoms with Crippen molar-refractivity contribution in [3.05, 3.63) is 36.0 Å². The minimum Gasteiger partial charge on any atom is -0.347 e. The van der Waals surface area contributed by atoms with E-state index in [9.17, 15) is 4.79 Å². The molecular formula is C13H15NO. The Hall–Kier alpha value is -1.57. The smallest absolute Gasteiger partial charge is 0.161 e. The molecule has 78 valence electrons. The van der Waals surface area contributed by atoms with Crippen molar-refractivity contribution in [3.8, 4) is 0 Å². The van der Waals surface area contributed by atoms with Crippen LogP contribution in [0.2, 0.25) is 0 Å². The lowest BCUT2D eigenvalue weighted by atomic mass is 10.1. The van der Waals surface area contributed by atoms with Crippen LogP contribution in [0.25, 0.3) is 10.9 Å². The summed E-state index contributed by atoms with van der Waals surface area (Å²) in [7, 11) is 0. The Kier molecular flexibility index (Phi) is 2.58. The number of Topliss-reactive ketones (excluding diaryl/α,β-unsaturated/α-hetero) is 1. The monoisotopic (exact) mass is 201 g/mol. The summed E-state index contributed by atoms with van der Waals surface area (Å²) in [5, 5.41) is 1.15. The van der Waals surface area contributed by atoms with E-state index in [0.717, 1.165) is 29.4 Å². The van der Waals surface area contributed by atoms with Gasteiger partial charge in [-0.2, -0.15) is 0 Å². The number of rotatable bonds is 3. The Labute approximate surface area is 89.5 Å². The fourth-order valence-electron chi connectivity index (χ4n) is 1.97. The normalized spacial score (nSPS) is 10.8. The third-order valence-corrected chi connectivity index (χ3v) is 2.63. The number of aromatic nitrogens is 1. The highest BCUT2D eigenvalue weighted by atomic mass is 16.1. The molecule has 0 amide bonds. The quantitative estimate of drug-likeness (QED) is 0.699. The number of carbonyl (C=O) groups excluding carboxylic acids is 1. The van der Waals surface area contributed by atoms with Gasteiger partial charge in [0.25, 0.3) is 0 Å². The van der Waals surface area contributed by atoms with Gasteiger partial charge in [-0.05, 0) is 25.5 Å². The average Bonchev–Trinajstić information content (AvgIpc) is 2.62. The molecule has 0 bridgehead atoms. The summed E-state index contributed by atoms with van der Waals surface area (Å²) in [6.07, 6.45) is 3.14. The van der Waals surface area contributed by atoms with Crippen LogP contribution >= 0.6 is 0 Å². The van der Waals surface area contributed by atoms with Gasteiger partial charge in [-0.3, -0.25) is 4.79 Å². The van der Waals surface area contributed by atoms with Crippen LogP contribution in [0.1, 0.15) is 30.6 Å². The first kappa shape index (κ1) is 9.97. The molecule has 0 N–H and O–H groups in total. The predicted octanol–water partition coefficient (Wildman–Crippen LogP) is 3.25. The molecule has 0 saturated carbocycles. The molecule has 0 aliphatic rings. The third-order valence-electron chi connectivity index (χ3n) is 2.63. The van der Waals surface area contributed by atoms with Gasteiger partial charge >= 0.3 is 0 Å². The van der Waals surface area contributed by atoms with Crippen LogP contribution < -0.4 is 0 Å². The summed E-state index contributed by atoms with van der Waals surface area (Å²) in [6, 6.07) is 7.96. The Bertz CT molecular complexity index is 496. The summed E-state index contributed by atoms with van der Waals surface area (Å²) in [6.45, 7) is 4.73. The van der Waals surface area contributed by atoms with E-state index in [0.29, 0.717) is 0 Å². The number of fused-ring (bicyclic) bond motifs is 1. The molecule has 0 radical (unpaired) electrons. The number of hydrogen-bond donors (Lipinski definition) is 0. The van der Waals surface area contributed by atoms with E-state index < -0.39 is 0 Å². The first-order valence-electron chi connectivity index (χ1n) is 5.33. The van der Waals surface area contributed by atoms with E-state index in [1.165, 1.54) is 0 Å². The number of para-hydroxylation sites is 1. The molecule has 0 spiro atoms. The van der Waals surface area contributed by atoms with Crippen molar-refractivity contribution < 1.29 is 4.79 Å². The molecule has 0 atom stereocenters. The molecule has 2 nitrogen and oxygen atoms in total. The highest BCUT2D eigenvalue weighted by molar-refractivity contribution is 6.05. The van der Waals surface area contributed by atoms with Gasteiger partial charge < -0.3 is 4.57 Å². The van der Waals surface area contributed by atoms with Crippen molar-refractivity contribution in [1.82, 2.24) is 4.57 Å². The standard InChI is InChI=1S/C13H15NO/c1-3-8-14-9-7-11-5-4-6-12(10(2)15)13(11)14/h4-7,9H,3,8H2,1-2H3. The fraction of sp³-hybridized carbons (Fsp3) is 0.308. The average molecular weight is 201 g/mol. The van der Waals surface area contributed by atoms with Gasteiger partial charge in [0, 0.05) is 23.7 Å². The zero-order valence-corrected chi connectivity index (χ0v) is 9.16. The van der Waals surface area contributed by atoms with Crippen molar-refractivity contribution in [2.45, 2.75) is 26.8 Å². The number of nitrogens with zero attached hydrogens (tertiary/aromatic N) is 1. The molecular weight excluding hydrogens is 186 g/mol. The lowest BCUT2D eigenvalue weighted by Crippen LogP contribution is -2.00. The minimum absolute atomic E-state index is 0.136. The van der Waals surface area contributed by atoms with E-state index in [-0.39, 0.29) is 5.78 Å². The predicted molar refractivity (Wildman–Crippen MR) is 62.2 cm³/mol. The van der Waals surface area contributed by atoms with Crippen LogP contribution in [0.15, 0.2) is 30.5 Å². The van der Waals surface area contributed by atoms with Crippen LogP contribution in [0, 0.1) is 0 Å². The lowest BCUT2D eigenvalue weighted by Gasteiger charge is -2.06. The van der Waals surface area contributed by atoms with E-state index >= 15 is 0 Å². The first-order valence-corrected chi connectivity index (χ1v) is 5.33. The lowest BCUT2D eigenvalue weighted by molar-refractivity contribution is 0.101. The zero-order valence-electron chi connectivity index (χ0n) is 9.16. The van der Waals surface area contributed by atoms with E-state index in [1.54, 1.807) is 6.92 Å². The molecule has 15 heavy (non-hydrogen) atoms. The molecule has 0 saturated heterocycles. The Morgan fingerprint density at radius 2 is 2.13 bits per heavy atom. The second-order valence-corrected chi connectivity index (χ2v) is 3.81. The number of aryl methyl sites for hydroxylation is 1. The highest BCUT2D eigenvalue weighted by Crippen LogP contribution is 2.21. The van der Waals surface area contributed by atoms with Gasteiger partial charge in [-0.25, -0.2) is 0 Å². The van der Waals surface area contributed by atoms with Crippen LogP contribution in [0.3, 0.4) is 0 Å². The number of hydrogen-bond acceptors (Lipinski definition) is 1. The summed E-state index contributed by atoms with van der Waals surface area (Å²) in [4.78, 5) is 11.5. The minimum atomic E-state index is 0.136. The summed E-state index contributed by atoms with van der Waals surface area (Å²) < 4.78 is 2.16. The molecule has 1 heterocycles. The number of benzene rings is 1. The number of ketones is 1. The first-order chi connectivity index (χ1) is 7.24. The Morgan fingerprint density at radius 3 is 2.80 bits per heavy atom. The molecule has 2 heteroatoms. The summed E-state index contributed by atoms with van der Waals surface area (Å²) >= 11 is 0. The SMILES string of the molecule is CCCn1ccc2cccc(C(C)=O)c21. The zero-order chi connectivity index (χ0) is 10.8.